The van der Waals surface area contributed by atoms with Gasteiger partial charge in [-0.3, -0.25) is 9.36 Å². The van der Waals surface area contributed by atoms with Crippen molar-refractivity contribution in [1.29, 1.82) is 0 Å². The van der Waals surface area contributed by atoms with Gasteiger partial charge in [0, 0.05) is 9.13 Å². The molecule has 0 spiro atoms. The molecule has 0 bridgehead atoms. The van der Waals surface area contributed by atoms with Gasteiger partial charge in [-0.2, -0.15) is 0 Å². The lowest BCUT2D eigenvalue weighted by molar-refractivity contribution is -0.139. The normalized spacial score (nSPS) is 14.6. The number of halogens is 2. The van der Waals surface area contributed by atoms with Gasteiger partial charge in [-0.05, 0) is 121 Å². The first-order valence-corrected chi connectivity index (χ1v) is 17.6. The Bertz CT molecular complexity index is 1970. The summed E-state index contributed by atoms with van der Waals surface area (Å²) >= 11 is 7.19. The van der Waals surface area contributed by atoms with E-state index in [4.69, 9.17) is 23.9 Å². The van der Waals surface area contributed by atoms with E-state index in [0.717, 1.165) is 14.7 Å². The summed E-state index contributed by atoms with van der Waals surface area (Å²) in [6, 6.07) is 18.5. The van der Waals surface area contributed by atoms with E-state index < -0.39 is 12.0 Å². The number of allylic oxidation sites excluding steroid dienone is 1. The number of hydrogen-bond donors (Lipinski definition) is 0. The summed E-state index contributed by atoms with van der Waals surface area (Å²) in [5.74, 6) is 1.20. The maximum absolute atomic E-state index is 14.2. The van der Waals surface area contributed by atoms with Crippen LogP contribution in [0.2, 0.25) is 0 Å². The van der Waals surface area contributed by atoms with E-state index in [-0.39, 0.29) is 18.3 Å². The zero-order valence-corrected chi connectivity index (χ0v) is 30.7. The molecular formula is C35H34BrIN2O6S. The summed E-state index contributed by atoms with van der Waals surface area (Å²) in [7, 11) is 0. The van der Waals surface area contributed by atoms with Crippen molar-refractivity contribution in [1.82, 2.24) is 4.57 Å². The Labute approximate surface area is 293 Å². The fraction of sp³-hybridized carbons (Fsp3) is 0.286. The summed E-state index contributed by atoms with van der Waals surface area (Å²) in [5, 5.41) is 0. The molecule has 11 heteroatoms. The molecule has 0 amide bonds. The van der Waals surface area contributed by atoms with Crippen LogP contribution in [0.1, 0.15) is 57.4 Å². The van der Waals surface area contributed by atoms with Gasteiger partial charge >= 0.3 is 5.97 Å². The first-order valence-electron chi connectivity index (χ1n) is 14.9. The third-order valence-electron chi connectivity index (χ3n) is 7.02. The van der Waals surface area contributed by atoms with E-state index in [1.807, 2.05) is 81.4 Å². The molecule has 0 unspecified atom stereocenters. The molecule has 3 aromatic carbocycles. The number of fused-ring (bicyclic) bond motifs is 1. The number of aromatic nitrogens is 1. The number of nitrogens with zero attached hydrogens (tertiary/aromatic N) is 2. The Balaban J connectivity index is 1.61. The Kier molecular flexibility index (Phi) is 11.1. The van der Waals surface area contributed by atoms with Crippen LogP contribution in [0.3, 0.4) is 0 Å². The zero-order chi connectivity index (χ0) is 33.0. The van der Waals surface area contributed by atoms with Gasteiger partial charge in [0.25, 0.3) is 5.56 Å². The van der Waals surface area contributed by atoms with Crippen LogP contribution in [0.4, 0.5) is 0 Å². The average Bonchev–Trinajstić information content (AvgIpc) is 3.31. The van der Waals surface area contributed by atoms with E-state index in [1.54, 1.807) is 24.5 Å². The predicted octanol–water partition coefficient (Wildman–Crippen LogP) is 6.93. The van der Waals surface area contributed by atoms with Gasteiger partial charge in [0.15, 0.2) is 16.3 Å². The van der Waals surface area contributed by atoms with Crippen LogP contribution in [0.5, 0.6) is 17.2 Å². The highest BCUT2D eigenvalue weighted by molar-refractivity contribution is 14.1. The lowest BCUT2D eigenvalue weighted by Crippen LogP contribution is -2.40. The predicted molar refractivity (Wildman–Crippen MR) is 191 cm³/mol. The molecule has 0 fully saturated rings. The summed E-state index contributed by atoms with van der Waals surface area (Å²) in [6.45, 7) is 10.3. The van der Waals surface area contributed by atoms with Crippen molar-refractivity contribution in [3.05, 3.63) is 116 Å². The number of rotatable bonds is 11. The molecule has 5 rings (SSSR count). The minimum atomic E-state index is -0.782. The van der Waals surface area contributed by atoms with Crippen LogP contribution in [-0.2, 0) is 16.1 Å². The van der Waals surface area contributed by atoms with Crippen molar-refractivity contribution in [2.24, 2.45) is 4.99 Å². The van der Waals surface area contributed by atoms with Gasteiger partial charge in [-0.1, -0.05) is 41.7 Å². The summed E-state index contributed by atoms with van der Waals surface area (Å²) < 4.78 is 27.6. The molecule has 4 aromatic rings. The van der Waals surface area contributed by atoms with Crippen LogP contribution >= 0.6 is 49.9 Å². The quantitative estimate of drug-likeness (QED) is 0.121. The molecule has 240 valence electrons. The lowest BCUT2D eigenvalue weighted by Gasteiger charge is -2.26. The van der Waals surface area contributed by atoms with Gasteiger partial charge < -0.3 is 18.9 Å². The maximum Gasteiger partial charge on any atom is 0.338 e. The molecule has 0 aliphatic carbocycles. The number of carbonyl (C=O) groups excluding carboxylic acids is 1. The van der Waals surface area contributed by atoms with Crippen LogP contribution in [0.25, 0.3) is 6.08 Å². The number of benzene rings is 3. The number of esters is 1. The maximum atomic E-state index is 14.2. The van der Waals surface area contributed by atoms with E-state index in [9.17, 15) is 9.59 Å². The molecule has 46 heavy (non-hydrogen) atoms. The largest absolute Gasteiger partial charge is 0.491 e. The number of thiazole rings is 1. The van der Waals surface area contributed by atoms with E-state index in [0.29, 0.717) is 61.1 Å². The zero-order valence-electron chi connectivity index (χ0n) is 26.1. The van der Waals surface area contributed by atoms with Gasteiger partial charge in [0.05, 0.1) is 39.6 Å². The molecule has 1 aliphatic heterocycles. The van der Waals surface area contributed by atoms with E-state index >= 15 is 0 Å². The summed E-state index contributed by atoms with van der Waals surface area (Å²) in [6.07, 6.45) is 1.69. The topological polar surface area (TPSA) is 88.4 Å². The van der Waals surface area contributed by atoms with Gasteiger partial charge in [0.2, 0.25) is 0 Å². The molecule has 1 aliphatic rings. The van der Waals surface area contributed by atoms with E-state index in [1.165, 1.54) is 11.3 Å². The number of para-hydroxylation sites is 1. The first-order chi connectivity index (χ1) is 22.1. The minimum Gasteiger partial charge on any atom is -0.491 e. The Morgan fingerprint density at radius 3 is 2.50 bits per heavy atom. The van der Waals surface area contributed by atoms with Crippen molar-refractivity contribution in [3.63, 3.8) is 0 Å². The molecule has 8 nitrogen and oxygen atoms in total. The van der Waals surface area contributed by atoms with Crippen molar-refractivity contribution in [2.75, 3.05) is 13.2 Å². The standard InChI is InChI=1S/C35H34BrIN2O6S/c1-6-42-28-17-23(16-26(36)32(28)44-19-22-12-14-24(37)15-13-22)18-29-33(40)39-31(25-10-8-9-11-27(25)45-20(3)4)30(34(41)43-7-2)21(5)38-35(39)46-29/h8-18,20,31H,6-7,19H2,1-5H3/b29-18+/t31-/m1/s1. The van der Waals surface area contributed by atoms with Crippen LogP contribution in [-0.4, -0.2) is 29.9 Å². The highest BCUT2D eigenvalue weighted by Gasteiger charge is 2.35. The summed E-state index contributed by atoms with van der Waals surface area (Å²) in [5.41, 5.74) is 2.96. The third kappa shape index (κ3) is 7.42. The Hall–Kier alpha value is -3.42. The third-order valence-corrected chi connectivity index (χ3v) is 9.31. The monoisotopic (exact) mass is 816 g/mol. The molecule has 2 heterocycles. The van der Waals surface area contributed by atoms with Crippen LogP contribution in [0, 0.1) is 3.57 Å². The van der Waals surface area contributed by atoms with Crippen molar-refractivity contribution in [3.8, 4) is 17.2 Å². The fourth-order valence-electron chi connectivity index (χ4n) is 5.12. The Morgan fingerprint density at radius 2 is 1.80 bits per heavy atom. The smallest absolute Gasteiger partial charge is 0.338 e. The second-order valence-electron chi connectivity index (χ2n) is 10.7. The fourth-order valence-corrected chi connectivity index (χ4v) is 7.10. The SMILES string of the molecule is CCOC(=O)C1=C(C)N=c2s/c(=C/c3cc(Br)c(OCc4ccc(I)cc4)c(OCC)c3)c(=O)n2[C@@H]1c1ccccc1OC(C)C. The van der Waals surface area contributed by atoms with Gasteiger partial charge in [-0.15, -0.1) is 0 Å². The molecule has 0 saturated carbocycles. The molecule has 0 radical (unpaired) electrons. The number of ether oxygens (including phenoxy) is 4. The second kappa shape index (κ2) is 15.0. The number of carbonyl (C=O) groups is 1. The van der Waals surface area contributed by atoms with Crippen molar-refractivity contribution < 1.29 is 23.7 Å². The van der Waals surface area contributed by atoms with Gasteiger partial charge in [0.1, 0.15) is 18.4 Å². The lowest BCUT2D eigenvalue weighted by atomic mass is 9.95. The van der Waals surface area contributed by atoms with Crippen LogP contribution in [0.15, 0.2) is 86.2 Å². The average molecular weight is 818 g/mol. The minimum absolute atomic E-state index is 0.116. The van der Waals surface area contributed by atoms with Gasteiger partial charge in [-0.25, -0.2) is 9.79 Å². The van der Waals surface area contributed by atoms with Crippen molar-refractivity contribution >= 4 is 61.9 Å². The molecule has 0 N–H and O–H groups in total. The molecule has 1 atom stereocenters. The van der Waals surface area contributed by atoms with Crippen LogP contribution < -0.4 is 29.1 Å². The van der Waals surface area contributed by atoms with Crippen molar-refractivity contribution in [2.45, 2.75) is 53.4 Å². The second-order valence-corrected chi connectivity index (χ2v) is 13.8. The van der Waals surface area contributed by atoms with E-state index in [2.05, 4.69) is 38.5 Å². The molecule has 1 aromatic heterocycles. The molecule has 0 saturated heterocycles. The highest BCUT2D eigenvalue weighted by atomic mass is 127. The number of hydrogen-bond acceptors (Lipinski definition) is 8. The first kappa shape index (κ1) is 33.9. The highest BCUT2D eigenvalue weighted by Crippen LogP contribution is 2.38. The Morgan fingerprint density at radius 1 is 1.07 bits per heavy atom. The summed E-state index contributed by atoms with van der Waals surface area (Å²) in [4.78, 5) is 32.7. The molecular weight excluding hydrogens is 783 g/mol.